The SMILES string of the molecule is Cc1ccccc1-c1nnc(S[C@@H](C)C(=O)Nc2ccccc2)n1C. The topological polar surface area (TPSA) is 59.8 Å². The number of aryl methyl sites for hydroxylation is 1. The summed E-state index contributed by atoms with van der Waals surface area (Å²) in [5, 5.41) is 11.9. The highest BCUT2D eigenvalue weighted by Gasteiger charge is 2.19. The number of anilines is 1. The summed E-state index contributed by atoms with van der Waals surface area (Å²) < 4.78 is 1.93. The first kappa shape index (κ1) is 17.2. The number of aromatic nitrogens is 3. The van der Waals surface area contributed by atoms with Crippen molar-refractivity contribution in [3.8, 4) is 11.4 Å². The molecule has 1 heterocycles. The van der Waals surface area contributed by atoms with Crippen LogP contribution >= 0.6 is 11.8 Å². The molecule has 5 nitrogen and oxygen atoms in total. The minimum absolute atomic E-state index is 0.0587. The molecule has 0 aliphatic carbocycles. The van der Waals surface area contributed by atoms with Crippen LogP contribution in [-0.2, 0) is 11.8 Å². The van der Waals surface area contributed by atoms with E-state index in [1.165, 1.54) is 11.8 Å². The fraction of sp³-hybridized carbons (Fsp3) is 0.211. The highest BCUT2D eigenvalue weighted by Crippen LogP contribution is 2.27. The quantitative estimate of drug-likeness (QED) is 0.707. The summed E-state index contributed by atoms with van der Waals surface area (Å²) in [6.45, 7) is 3.91. The van der Waals surface area contributed by atoms with E-state index in [2.05, 4.69) is 15.5 Å². The van der Waals surface area contributed by atoms with E-state index in [0.717, 1.165) is 22.6 Å². The highest BCUT2D eigenvalue weighted by molar-refractivity contribution is 8.00. The Morgan fingerprint density at radius 1 is 1.08 bits per heavy atom. The van der Waals surface area contributed by atoms with Crippen LogP contribution < -0.4 is 5.32 Å². The number of nitrogens with one attached hydrogen (secondary N) is 1. The molecule has 3 rings (SSSR count). The number of thioether (sulfide) groups is 1. The normalized spacial score (nSPS) is 12.0. The van der Waals surface area contributed by atoms with Gasteiger partial charge in [0.05, 0.1) is 5.25 Å². The monoisotopic (exact) mass is 352 g/mol. The Labute approximate surface area is 151 Å². The Morgan fingerprint density at radius 2 is 1.76 bits per heavy atom. The fourth-order valence-electron chi connectivity index (χ4n) is 2.45. The van der Waals surface area contributed by atoms with Crippen LogP contribution in [0.25, 0.3) is 11.4 Å². The minimum atomic E-state index is -0.284. The van der Waals surface area contributed by atoms with E-state index >= 15 is 0 Å². The zero-order valence-electron chi connectivity index (χ0n) is 14.4. The second kappa shape index (κ2) is 7.53. The first-order valence-electron chi connectivity index (χ1n) is 8.04. The molecule has 25 heavy (non-hydrogen) atoms. The van der Waals surface area contributed by atoms with Crippen LogP contribution in [-0.4, -0.2) is 25.9 Å². The van der Waals surface area contributed by atoms with Gasteiger partial charge in [-0.05, 0) is 31.5 Å². The number of hydrogen-bond acceptors (Lipinski definition) is 4. The number of hydrogen-bond donors (Lipinski definition) is 1. The molecule has 6 heteroatoms. The number of carbonyl (C=O) groups is 1. The molecule has 0 saturated heterocycles. The van der Waals surface area contributed by atoms with Gasteiger partial charge >= 0.3 is 0 Å². The maximum Gasteiger partial charge on any atom is 0.237 e. The van der Waals surface area contributed by atoms with Crippen molar-refractivity contribution in [3.05, 3.63) is 60.2 Å². The third-order valence-corrected chi connectivity index (χ3v) is 5.05. The lowest BCUT2D eigenvalue weighted by Crippen LogP contribution is -2.22. The Hall–Kier alpha value is -2.60. The minimum Gasteiger partial charge on any atom is -0.325 e. The summed E-state index contributed by atoms with van der Waals surface area (Å²) in [6, 6.07) is 17.5. The summed E-state index contributed by atoms with van der Waals surface area (Å²) in [5.41, 5.74) is 2.98. The molecular weight excluding hydrogens is 332 g/mol. The van der Waals surface area contributed by atoms with Gasteiger partial charge in [-0.3, -0.25) is 4.79 Å². The van der Waals surface area contributed by atoms with Crippen molar-refractivity contribution in [1.29, 1.82) is 0 Å². The first-order valence-corrected chi connectivity index (χ1v) is 8.92. The molecule has 1 amide bonds. The van der Waals surface area contributed by atoms with Gasteiger partial charge < -0.3 is 9.88 Å². The Bertz CT molecular complexity index is 876. The van der Waals surface area contributed by atoms with Crippen molar-refractivity contribution in [2.75, 3.05) is 5.32 Å². The largest absolute Gasteiger partial charge is 0.325 e. The second-order valence-corrected chi connectivity index (χ2v) is 7.10. The van der Waals surface area contributed by atoms with Crippen molar-refractivity contribution in [2.24, 2.45) is 7.05 Å². The lowest BCUT2D eigenvalue weighted by atomic mass is 10.1. The van der Waals surface area contributed by atoms with Crippen LogP contribution in [0, 0.1) is 6.92 Å². The van der Waals surface area contributed by atoms with E-state index in [1.54, 1.807) is 0 Å². The van der Waals surface area contributed by atoms with Gasteiger partial charge in [0.1, 0.15) is 0 Å². The third kappa shape index (κ3) is 3.91. The van der Waals surface area contributed by atoms with Crippen LogP contribution in [0.5, 0.6) is 0 Å². The first-order chi connectivity index (χ1) is 12.1. The molecule has 128 valence electrons. The summed E-state index contributed by atoms with van der Waals surface area (Å²) in [4.78, 5) is 12.4. The second-order valence-electron chi connectivity index (χ2n) is 5.80. The van der Waals surface area contributed by atoms with Crippen LogP contribution in [0.4, 0.5) is 5.69 Å². The zero-order chi connectivity index (χ0) is 17.8. The van der Waals surface area contributed by atoms with Gasteiger partial charge in [-0.15, -0.1) is 10.2 Å². The fourth-order valence-corrected chi connectivity index (χ4v) is 3.27. The molecule has 1 N–H and O–H groups in total. The van der Waals surface area contributed by atoms with Gasteiger partial charge in [0.25, 0.3) is 0 Å². The number of nitrogens with zero attached hydrogens (tertiary/aromatic N) is 3. The van der Waals surface area contributed by atoms with Crippen molar-refractivity contribution >= 4 is 23.4 Å². The highest BCUT2D eigenvalue weighted by atomic mass is 32.2. The van der Waals surface area contributed by atoms with E-state index in [0.29, 0.717) is 5.16 Å². The van der Waals surface area contributed by atoms with Gasteiger partial charge in [-0.2, -0.15) is 0 Å². The number of carbonyl (C=O) groups excluding carboxylic acids is 1. The van der Waals surface area contributed by atoms with Crippen molar-refractivity contribution < 1.29 is 4.79 Å². The molecule has 0 unspecified atom stereocenters. The van der Waals surface area contributed by atoms with Crippen molar-refractivity contribution in [1.82, 2.24) is 14.8 Å². The van der Waals surface area contributed by atoms with Gasteiger partial charge in [0, 0.05) is 18.3 Å². The smallest absolute Gasteiger partial charge is 0.237 e. The summed E-state index contributed by atoms with van der Waals surface area (Å²) >= 11 is 1.40. The van der Waals surface area contributed by atoms with Crippen LogP contribution in [0.3, 0.4) is 0 Å². The van der Waals surface area contributed by atoms with Crippen LogP contribution in [0.2, 0.25) is 0 Å². The Kier molecular flexibility index (Phi) is 5.19. The molecule has 0 radical (unpaired) electrons. The molecule has 0 bridgehead atoms. The van der Waals surface area contributed by atoms with E-state index in [1.807, 2.05) is 80.1 Å². The molecule has 1 atom stereocenters. The lowest BCUT2D eigenvalue weighted by molar-refractivity contribution is -0.115. The van der Waals surface area contributed by atoms with Gasteiger partial charge in [0.2, 0.25) is 5.91 Å². The van der Waals surface area contributed by atoms with E-state index in [9.17, 15) is 4.79 Å². The third-order valence-electron chi connectivity index (χ3n) is 3.91. The molecule has 3 aromatic rings. The summed E-state index contributed by atoms with van der Waals surface area (Å²) in [7, 11) is 1.92. The lowest BCUT2D eigenvalue weighted by Gasteiger charge is -2.12. The van der Waals surface area contributed by atoms with E-state index in [-0.39, 0.29) is 11.2 Å². The molecule has 0 aliphatic rings. The molecule has 0 spiro atoms. The average molecular weight is 352 g/mol. The maximum absolute atomic E-state index is 12.4. The van der Waals surface area contributed by atoms with Crippen molar-refractivity contribution in [3.63, 3.8) is 0 Å². The predicted octanol–water partition coefficient (Wildman–Crippen LogP) is 3.91. The van der Waals surface area contributed by atoms with Crippen LogP contribution in [0.15, 0.2) is 59.8 Å². The molecule has 2 aromatic carbocycles. The van der Waals surface area contributed by atoms with Crippen LogP contribution in [0.1, 0.15) is 12.5 Å². The number of amides is 1. The van der Waals surface area contributed by atoms with E-state index in [4.69, 9.17) is 0 Å². The van der Waals surface area contributed by atoms with E-state index < -0.39 is 0 Å². The van der Waals surface area contributed by atoms with Crippen molar-refractivity contribution in [2.45, 2.75) is 24.3 Å². The molecule has 0 fully saturated rings. The standard InChI is InChI=1S/C19H20N4OS/c1-13-9-7-8-12-16(13)17-21-22-19(23(17)3)25-14(2)18(24)20-15-10-5-4-6-11-15/h4-12,14H,1-3H3,(H,20,24)/t14-/m0/s1. The maximum atomic E-state index is 12.4. The number of rotatable bonds is 5. The number of benzene rings is 2. The molecule has 1 aromatic heterocycles. The Balaban J connectivity index is 1.73. The Morgan fingerprint density at radius 3 is 2.48 bits per heavy atom. The summed E-state index contributed by atoms with van der Waals surface area (Å²) in [6.07, 6.45) is 0. The van der Waals surface area contributed by atoms with Gasteiger partial charge in [0.15, 0.2) is 11.0 Å². The average Bonchev–Trinajstić information content (AvgIpc) is 2.97. The summed E-state index contributed by atoms with van der Waals surface area (Å²) in [5.74, 6) is 0.743. The predicted molar refractivity (Wildman–Crippen MR) is 102 cm³/mol. The molecular formula is C19H20N4OS. The van der Waals surface area contributed by atoms with Gasteiger partial charge in [-0.25, -0.2) is 0 Å². The number of para-hydroxylation sites is 1. The molecule has 0 aliphatic heterocycles. The van der Waals surface area contributed by atoms with Gasteiger partial charge in [-0.1, -0.05) is 54.2 Å². The molecule has 0 saturated carbocycles. The zero-order valence-corrected chi connectivity index (χ0v) is 15.2.